The van der Waals surface area contributed by atoms with Crippen molar-refractivity contribution in [2.24, 2.45) is 0 Å². The number of benzene rings is 1. The largest absolute Gasteiger partial charge is 0.490 e. The number of carbonyl (C=O) groups is 1. The number of carboxylic acid groups (broad SMARTS) is 1. The third-order valence-corrected chi connectivity index (χ3v) is 4.01. The molecule has 0 saturated heterocycles. The van der Waals surface area contributed by atoms with Gasteiger partial charge in [-0.05, 0) is 32.0 Å². The zero-order valence-corrected chi connectivity index (χ0v) is 17.0. The third-order valence-electron chi connectivity index (χ3n) is 4.01. The predicted octanol–water partition coefficient (Wildman–Crippen LogP) is 3.21. The number of aromatic amines is 1. The van der Waals surface area contributed by atoms with Gasteiger partial charge in [-0.1, -0.05) is 18.2 Å². The van der Waals surface area contributed by atoms with Gasteiger partial charge in [-0.15, -0.1) is 0 Å². The van der Waals surface area contributed by atoms with Gasteiger partial charge in [0.05, 0.1) is 0 Å². The highest BCUT2D eigenvalue weighted by Gasteiger charge is 2.38. The maximum absolute atomic E-state index is 13.1. The summed E-state index contributed by atoms with van der Waals surface area (Å²) in [5.41, 5.74) is -1.14. The second kappa shape index (κ2) is 11.1. The topological polar surface area (TPSA) is 107 Å². The van der Waals surface area contributed by atoms with Crippen molar-refractivity contribution in [3.63, 3.8) is 0 Å². The van der Waals surface area contributed by atoms with Gasteiger partial charge in [0.1, 0.15) is 5.82 Å². The quantitative estimate of drug-likeness (QED) is 0.561. The number of aromatic nitrogens is 2. The SMILES string of the molecule is Cc1c(C(F)(F)F)nc(-c2cccc(CN(C)CCCO)c2)[nH]c1=O.O=C(O)C(F)(F)F. The summed E-state index contributed by atoms with van der Waals surface area (Å²) < 4.78 is 70.9. The Hall–Kier alpha value is -2.93. The van der Waals surface area contributed by atoms with Gasteiger partial charge in [-0.25, -0.2) is 9.78 Å². The molecule has 2 rings (SSSR count). The van der Waals surface area contributed by atoms with Crippen molar-refractivity contribution in [1.82, 2.24) is 14.9 Å². The van der Waals surface area contributed by atoms with E-state index >= 15 is 0 Å². The average Bonchev–Trinajstić information content (AvgIpc) is 2.67. The Morgan fingerprint density at radius 1 is 1.19 bits per heavy atom. The van der Waals surface area contributed by atoms with Crippen molar-refractivity contribution in [1.29, 1.82) is 0 Å². The van der Waals surface area contributed by atoms with Crippen molar-refractivity contribution in [2.75, 3.05) is 20.2 Å². The lowest BCUT2D eigenvalue weighted by Crippen LogP contribution is -2.22. The molecule has 0 aliphatic heterocycles. The van der Waals surface area contributed by atoms with Crippen LogP contribution in [0.1, 0.15) is 23.2 Å². The molecule has 0 atom stereocenters. The fourth-order valence-electron chi connectivity index (χ4n) is 2.49. The normalized spacial score (nSPS) is 11.8. The molecule has 2 aromatic rings. The summed E-state index contributed by atoms with van der Waals surface area (Å²) in [6.45, 7) is 2.46. The molecular formula is C19H21F6N3O4. The smallest absolute Gasteiger partial charge is 0.475 e. The Morgan fingerprint density at radius 3 is 2.28 bits per heavy atom. The lowest BCUT2D eigenvalue weighted by Gasteiger charge is -2.16. The van der Waals surface area contributed by atoms with E-state index in [1.165, 1.54) is 0 Å². The van der Waals surface area contributed by atoms with Crippen LogP contribution in [-0.2, 0) is 17.5 Å². The van der Waals surface area contributed by atoms with Crippen molar-refractivity contribution in [3.8, 4) is 11.4 Å². The number of alkyl halides is 6. The molecule has 0 aliphatic rings. The number of hydrogen-bond acceptors (Lipinski definition) is 5. The van der Waals surface area contributed by atoms with E-state index in [1.54, 1.807) is 18.2 Å². The fraction of sp³-hybridized carbons (Fsp3) is 0.421. The van der Waals surface area contributed by atoms with Gasteiger partial charge in [0, 0.05) is 30.8 Å². The minimum atomic E-state index is -5.08. The standard InChI is InChI=1S/C17H20F3N3O2.C2HF3O2/c1-11-14(17(18,19)20)21-15(22-16(11)25)13-6-3-5-12(9-13)10-23(2)7-4-8-24;3-2(4,5)1(6)7/h3,5-6,9,24H,4,7-8,10H2,1-2H3,(H,21,22,25);(H,6,7). The van der Waals surface area contributed by atoms with Crippen LogP contribution < -0.4 is 5.56 Å². The zero-order valence-electron chi connectivity index (χ0n) is 17.0. The molecule has 0 saturated carbocycles. The van der Waals surface area contributed by atoms with Crippen molar-refractivity contribution >= 4 is 5.97 Å². The van der Waals surface area contributed by atoms with Crippen LogP contribution in [0.3, 0.4) is 0 Å². The van der Waals surface area contributed by atoms with E-state index in [0.717, 1.165) is 12.5 Å². The van der Waals surface area contributed by atoms with E-state index in [9.17, 15) is 31.1 Å². The first-order chi connectivity index (χ1) is 14.7. The minimum Gasteiger partial charge on any atom is -0.475 e. The first kappa shape index (κ1) is 27.1. The van der Waals surface area contributed by atoms with Gasteiger partial charge in [0.25, 0.3) is 5.56 Å². The maximum atomic E-state index is 13.1. The van der Waals surface area contributed by atoms with Crippen LogP contribution in [0.15, 0.2) is 29.1 Å². The first-order valence-corrected chi connectivity index (χ1v) is 9.03. The summed E-state index contributed by atoms with van der Waals surface area (Å²) >= 11 is 0. The van der Waals surface area contributed by atoms with Crippen LogP contribution >= 0.6 is 0 Å². The Kier molecular flexibility index (Phi) is 9.39. The molecule has 0 radical (unpaired) electrons. The summed E-state index contributed by atoms with van der Waals surface area (Å²) in [5, 5.41) is 16.0. The van der Waals surface area contributed by atoms with E-state index < -0.39 is 35.1 Å². The number of H-pyrrole nitrogens is 1. The van der Waals surface area contributed by atoms with Crippen LogP contribution in [0.2, 0.25) is 0 Å². The molecule has 1 aromatic heterocycles. The summed E-state index contributed by atoms with van der Waals surface area (Å²) in [5.74, 6) is -2.87. The van der Waals surface area contributed by atoms with Crippen molar-refractivity contribution < 1.29 is 41.4 Å². The minimum absolute atomic E-state index is 0.0964. The number of hydrogen-bond donors (Lipinski definition) is 3. The van der Waals surface area contributed by atoms with Crippen LogP contribution in [0.4, 0.5) is 26.3 Å². The van der Waals surface area contributed by atoms with Gasteiger partial charge in [0.15, 0.2) is 5.69 Å². The highest BCUT2D eigenvalue weighted by atomic mass is 19.4. The van der Waals surface area contributed by atoms with Crippen LogP contribution in [0, 0.1) is 6.92 Å². The molecule has 32 heavy (non-hydrogen) atoms. The van der Waals surface area contributed by atoms with E-state index in [2.05, 4.69) is 9.97 Å². The number of nitrogens with zero attached hydrogens (tertiary/aromatic N) is 2. The van der Waals surface area contributed by atoms with E-state index in [0.29, 0.717) is 25.1 Å². The molecule has 13 heteroatoms. The number of rotatable bonds is 6. The number of nitrogens with one attached hydrogen (secondary N) is 1. The molecule has 0 unspecified atom stereocenters. The van der Waals surface area contributed by atoms with E-state index in [4.69, 9.17) is 15.0 Å². The van der Waals surface area contributed by atoms with Crippen molar-refractivity contribution in [2.45, 2.75) is 32.2 Å². The number of halogens is 6. The van der Waals surface area contributed by atoms with Gasteiger partial charge in [0.2, 0.25) is 0 Å². The van der Waals surface area contributed by atoms with Crippen LogP contribution in [0.5, 0.6) is 0 Å². The Labute approximate surface area is 178 Å². The molecule has 0 spiro atoms. The molecule has 7 nitrogen and oxygen atoms in total. The molecular weight excluding hydrogens is 448 g/mol. The highest BCUT2D eigenvalue weighted by molar-refractivity contribution is 5.73. The van der Waals surface area contributed by atoms with E-state index in [1.807, 2.05) is 18.0 Å². The first-order valence-electron chi connectivity index (χ1n) is 9.03. The summed E-state index contributed by atoms with van der Waals surface area (Å²) in [4.78, 5) is 28.7. The molecule has 0 bridgehead atoms. The summed E-state index contributed by atoms with van der Waals surface area (Å²) in [6.07, 6.45) is -9.13. The number of aliphatic carboxylic acids is 1. The van der Waals surface area contributed by atoms with Gasteiger partial charge in [-0.3, -0.25) is 4.79 Å². The lowest BCUT2D eigenvalue weighted by molar-refractivity contribution is -0.192. The molecule has 178 valence electrons. The second-order valence-corrected chi connectivity index (χ2v) is 6.70. The number of aliphatic hydroxyl groups excluding tert-OH is 1. The third kappa shape index (κ3) is 8.30. The lowest BCUT2D eigenvalue weighted by atomic mass is 10.1. The monoisotopic (exact) mass is 469 g/mol. The zero-order chi connectivity index (χ0) is 24.7. The van der Waals surface area contributed by atoms with Gasteiger partial charge >= 0.3 is 18.3 Å². The van der Waals surface area contributed by atoms with Crippen molar-refractivity contribution in [3.05, 3.63) is 51.4 Å². The Morgan fingerprint density at radius 2 is 1.78 bits per heavy atom. The molecule has 0 amide bonds. The number of aliphatic hydroxyl groups is 1. The second-order valence-electron chi connectivity index (χ2n) is 6.70. The molecule has 3 N–H and O–H groups in total. The number of carboxylic acids is 1. The summed E-state index contributed by atoms with van der Waals surface area (Å²) in [6, 6.07) is 6.85. The predicted molar refractivity (Wildman–Crippen MR) is 102 cm³/mol. The molecule has 0 fully saturated rings. The summed E-state index contributed by atoms with van der Waals surface area (Å²) in [7, 11) is 1.89. The Bertz CT molecular complexity index is 973. The van der Waals surface area contributed by atoms with Crippen LogP contribution in [0.25, 0.3) is 11.4 Å². The highest BCUT2D eigenvalue weighted by Crippen LogP contribution is 2.30. The Balaban J connectivity index is 0.000000633. The van der Waals surface area contributed by atoms with Crippen LogP contribution in [-0.4, -0.2) is 57.4 Å². The average molecular weight is 469 g/mol. The fourth-order valence-corrected chi connectivity index (χ4v) is 2.49. The molecule has 0 aliphatic carbocycles. The molecule has 1 aromatic carbocycles. The van der Waals surface area contributed by atoms with Gasteiger partial charge in [-0.2, -0.15) is 26.3 Å². The van der Waals surface area contributed by atoms with Gasteiger partial charge < -0.3 is 20.1 Å². The maximum Gasteiger partial charge on any atom is 0.490 e. The van der Waals surface area contributed by atoms with E-state index in [-0.39, 0.29) is 12.4 Å². The molecule has 1 heterocycles.